The van der Waals surface area contributed by atoms with Crippen LogP contribution in [-0.2, 0) is 20.5 Å². The Morgan fingerprint density at radius 3 is 2.50 bits per heavy atom. The second kappa shape index (κ2) is 6.47. The van der Waals surface area contributed by atoms with Crippen LogP contribution in [0.3, 0.4) is 0 Å². The Morgan fingerprint density at radius 1 is 1.38 bits per heavy atom. The fraction of sp³-hybridized carbons (Fsp3) is 0.250. The van der Waals surface area contributed by atoms with Crippen LogP contribution in [0.25, 0.3) is 0 Å². The van der Waals surface area contributed by atoms with E-state index in [2.05, 4.69) is 10.5 Å². The van der Waals surface area contributed by atoms with E-state index >= 15 is 0 Å². The van der Waals surface area contributed by atoms with Gasteiger partial charge < -0.3 is 4.52 Å². The first-order chi connectivity index (χ1) is 7.63. The maximum atomic E-state index is 10.6. The lowest BCUT2D eigenvalue weighted by Crippen LogP contribution is -1.99. The number of nitro benzene ring substituents is 1. The molecule has 0 aliphatic rings. The number of nitrogens with zero attached hydrogens (tertiary/aromatic N) is 1. The summed E-state index contributed by atoms with van der Waals surface area (Å²) in [6.45, 7) is 0.171. The van der Waals surface area contributed by atoms with Gasteiger partial charge in [0, 0.05) is 12.1 Å². The van der Waals surface area contributed by atoms with E-state index in [1.165, 1.54) is 12.1 Å². The Morgan fingerprint density at radius 2 is 2.00 bits per heavy atom. The van der Waals surface area contributed by atoms with Crippen LogP contribution in [0.15, 0.2) is 24.3 Å². The number of rotatable bonds is 6. The van der Waals surface area contributed by atoms with E-state index in [1.807, 2.05) is 0 Å². The zero-order valence-corrected chi connectivity index (χ0v) is 9.13. The third kappa shape index (κ3) is 4.18. The summed E-state index contributed by atoms with van der Waals surface area (Å²) in [5, 5.41) is 10.4. The molecule has 1 unspecified atom stereocenters. The molecule has 0 fully saturated rings. The highest BCUT2D eigenvalue weighted by Crippen LogP contribution is 2.31. The second-order valence-corrected chi connectivity index (χ2v) is 3.75. The van der Waals surface area contributed by atoms with Crippen molar-refractivity contribution in [2.45, 2.75) is 6.42 Å². The van der Waals surface area contributed by atoms with Crippen LogP contribution in [-0.4, -0.2) is 11.5 Å². The first kappa shape index (κ1) is 13.0. The van der Waals surface area contributed by atoms with Crippen molar-refractivity contribution in [1.29, 1.82) is 0 Å². The average Bonchev–Trinajstić information content (AvgIpc) is 2.29. The molecule has 87 valence electrons. The van der Waals surface area contributed by atoms with E-state index in [9.17, 15) is 15.0 Å². The first-order valence-electron chi connectivity index (χ1n) is 4.34. The highest BCUT2D eigenvalue weighted by Gasteiger charge is 2.07. The Labute approximate surface area is 92.9 Å². The predicted octanol–water partition coefficient (Wildman–Crippen LogP) is 1.70. The summed E-state index contributed by atoms with van der Waals surface area (Å²) in [6, 6.07) is 6.01. The van der Waals surface area contributed by atoms with Gasteiger partial charge in [-0.2, -0.15) is 0 Å². The van der Waals surface area contributed by atoms with E-state index < -0.39 is 13.5 Å². The molecule has 0 amide bonds. The molecule has 1 rings (SSSR count). The molecule has 16 heavy (non-hydrogen) atoms. The summed E-state index contributed by atoms with van der Waals surface area (Å²) >= 11 is 0. The quantitative estimate of drug-likeness (QED) is 0.466. The number of nitro groups is 1. The van der Waals surface area contributed by atoms with Crippen LogP contribution in [0.5, 0.6) is 0 Å². The lowest BCUT2D eigenvalue weighted by atomic mass is 10.1. The van der Waals surface area contributed by atoms with E-state index in [0.717, 1.165) is 5.56 Å². The number of nitrogens with two attached hydrogens (primary N) is 1. The van der Waals surface area contributed by atoms with Gasteiger partial charge in [0.2, 0.25) is 0 Å². The molecule has 1 aromatic rings. The molecule has 1 radical (unpaired) electrons. The second-order valence-electron chi connectivity index (χ2n) is 2.84. The van der Waals surface area contributed by atoms with Gasteiger partial charge in [-0.3, -0.25) is 10.1 Å². The van der Waals surface area contributed by atoms with Crippen molar-refractivity contribution in [2.75, 3.05) is 6.61 Å². The largest absolute Gasteiger partial charge is 0.380 e. The molecule has 0 saturated carbocycles. The van der Waals surface area contributed by atoms with Crippen molar-refractivity contribution >= 4 is 14.3 Å². The van der Waals surface area contributed by atoms with Gasteiger partial charge in [-0.15, -0.1) is 4.89 Å². The van der Waals surface area contributed by atoms with Crippen molar-refractivity contribution in [1.82, 2.24) is 0 Å². The zero-order valence-electron chi connectivity index (χ0n) is 8.24. The van der Waals surface area contributed by atoms with Crippen molar-refractivity contribution in [3.8, 4) is 0 Å². The number of non-ortho nitro benzene ring substituents is 1. The third-order valence-electron chi connectivity index (χ3n) is 1.82. The Bertz CT molecular complexity index is 345. The summed E-state index contributed by atoms with van der Waals surface area (Å²) in [5.74, 6) is 4.62. The minimum atomic E-state index is -2.27. The Kier molecular flexibility index (Phi) is 5.24. The molecule has 0 saturated heterocycles. The van der Waals surface area contributed by atoms with E-state index in [4.69, 9.17) is 4.52 Å². The minimum absolute atomic E-state index is 0.0287. The van der Waals surface area contributed by atoms with Gasteiger partial charge in [-0.1, -0.05) is 12.1 Å². The molecule has 0 spiro atoms. The maximum Gasteiger partial charge on any atom is 0.380 e. The molecule has 0 aromatic heterocycles. The maximum absolute atomic E-state index is 10.6. The van der Waals surface area contributed by atoms with Crippen LogP contribution in [0.4, 0.5) is 5.69 Å². The third-order valence-corrected chi connectivity index (χ3v) is 2.39. The molecule has 2 N–H and O–H groups in total. The van der Waals surface area contributed by atoms with E-state index in [0.29, 0.717) is 6.42 Å². The highest BCUT2D eigenvalue weighted by atomic mass is 31.2. The first-order valence-corrected chi connectivity index (χ1v) is 5.43. The molecular weight excluding hydrogens is 235 g/mol. The molecule has 0 aliphatic carbocycles. The van der Waals surface area contributed by atoms with Gasteiger partial charge >= 0.3 is 8.60 Å². The Balaban J connectivity index is 2.40. The summed E-state index contributed by atoms with van der Waals surface area (Å²) in [4.78, 5) is 20.5. The highest BCUT2D eigenvalue weighted by molar-refractivity contribution is 7.40. The molecule has 1 aromatic carbocycles. The predicted molar refractivity (Wildman–Crippen MR) is 55.6 cm³/mol. The SMILES string of the molecule is NOP([O])OCCc1ccc([N+](=O)[O-])cc1. The molecule has 1 atom stereocenters. The summed E-state index contributed by atoms with van der Waals surface area (Å²) in [5.41, 5.74) is 0.868. The van der Waals surface area contributed by atoms with Crippen molar-refractivity contribution in [2.24, 2.45) is 5.90 Å². The van der Waals surface area contributed by atoms with Crippen LogP contribution >= 0.6 is 8.60 Å². The fourth-order valence-corrected chi connectivity index (χ4v) is 1.35. The lowest BCUT2D eigenvalue weighted by Gasteiger charge is -2.04. The number of hydrogen-bond donors (Lipinski definition) is 1. The topological polar surface area (TPSA) is 108 Å². The molecule has 8 heteroatoms. The van der Waals surface area contributed by atoms with Gasteiger partial charge in [0.25, 0.3) is 5.69 Å². The van der Waals surface area contributed by atoms with E-state index in [1.54, 1.807) is 12.1 Å². The summed E-state index contributed by atoms with van der Waals surface area (Å²) in [6.07, 6.45) is 0.475. The van der Waals surface area contributed by atoms with Gasteiger partial charge in [-0.05, 0) is 12.0 Å². The zero-order chi connectivity index (χ0) is 12.0. The number of benzene rings is 1. The van der Waals surface area contributed by atoms with Crippen molar-refractivity contribution in [3.63, 3.8) is 0 Å². The van der Waals surface area contributed by atoms with Crippen molar-refractivity contribution in [3.05, 3.63) is 39.9 Å². The van der Waals surface area contributed by atoms with E-state index in [-0.39, 0.29) is 12.3 Å². The van der Waals surface area contributed by atoms with Gasteiger partial charge in [0.05, 0.1) is 11.5 Å². The normalized spacial score (nSPS) is 12.4. The molecule has 0 aliphatic heterocycles. The standard InChI is InChI=1S/C8H10N2O5P/c9-15-16(13)14-6-5-7-1-3-8(4-2-7)10(11)12/h1-4H,5-6,9H2. The monoisotopic (exact) mass is 245 g/mol. The fourth-order valence-electron chi connectivity index (χ4n) is 1.05. The van der Waals surface area contributed by atoms with Gasteiger partial charge in [-0.25, -0.2) is 10.5 Å². The number of hydrogen-bond acceptors (Lipinski definition) is 5. The van der Waals surface area contributed by atoms with Crippen LogP contribution in [0, 0.1) is 10.1 Å². The van der Waals surface area contributed by atoms with Gasteiger partial charge in [0.1, 0.15) is 0 Å². The Hall–Kier alpha value is -1.11. The van der Waals surface area contributed by atoms with Crippen LogP contribution in [0.1, 0.15) is 5.56 Å². The summed E-state index contributed by atoms with van der Waals surface area (Å²) in [7, 11) is -2.27. The van der Waals surface area contributed by atoms with Gasteiger partial charge in [0.15, 0.2) is 0 Å². The minimum Gasteiger partial charge on any atom is -0.309 e. The molecule has 7 nitrogen and oxygen atoms in total. The van der Waals surface area contributed by atoms with Crippen LogP contribution in [0.2, 0.25) is 0 Å². The lowest BCUT2D eigenvalue weighted by molar-refractivity contribution is -0.384. The van der Waals surface area contributed by atoms with Crippen LogP contribution < -0.4 is 5.90 Å². The molecule has 0 bridgehead atoms. The summed E-state index contributed by atoms with van der Waals surface area (Å²) < 4.78 is 8.64. The van der Waals surface area contributed by atoms with Crippen molar-refractivity contribution < 1.29 is 19.0 Å². The molecule has 0 heterocycles. The average molecular weight is 245 g/mol. The molecular formula is C8H10N2O5P. The smallest absolute Gasteiger partial charge is 0.309 e.